The van der Waals surface area contributed by atoms with Crippen LogP contribution in [0.15, 0.2) is 36.7 Å². The molecule has 2 amide bonds. The third kappa shape index (κ3) is 3.90. The van der Waals surface area contributed by atoms with Crippen LogP contribution >= 0.6 is 0 Å². The SMILES string of the molecule is Cc1ccccc1[C@H](C)NC(=O)N1CCS(=O)(=O)C[C@H]1c1cnn(C)c1. The molecule has 26 heavy (non-hydrogen) atoms. The molecule has 1 fully saturated rings. The summed E-state index contributed by atoms with van der Waals surface area (Å²) in [5, 5.41) is 7.12. The lowest BCUT2D eigenvalue weighted by Gasteiger charge is -2.35. The number of amides is 2. The molecular weight excluding hydrogens is 352 g/mol. The first-order valence-electron chi connectivity index (χ1n) is 8.58. The lowest BCUT2D eigenvalue weighted by molar-refractivity contribution is 0.178. The van der Waals surface area contributed by atoms with E-state index in [9.17, 15) is 13.2 Å². The van der Waals surface area contributed by atoms with Crippen LogP contribution in [-0.4, -0.2) is 47.2 Å². The van der Waals surface area contributed by atoms with Crippen molar-refractivity contribution in [2.75, 3.05) is 18.1 Å². The molecule has 2 atom stereocenters. The maximum absolute atomic E-state index is 12.9. The predicted molar refractivity (Wildman–Crippen MR) is 99.4 cm³/mol. The minimum atomic E-state index is -3.18. The van der Waals surface area contributed by atoms with Crippen LogP contribution in [0.3, 0.4) is 0 Å². The Morgan fingerprint density at radius 2 is 2.08 bits per heavy atom. The summed E-state index contributed by atoms with van der Waals surface area (Å²) in [5.41, 5.74) is 2.88. The average Bonchev–Trinajstić information content (AvgIpc) is 3.00. The van der Waals surface area contributed by atoms with E-state index >= 15 is 0 Å². The van der Waals surface area contributed by atoms with E-state index in [1.807, 2.05) is 38.1 Å². The van der Waals surface area contributed by atoms with Crippen molar-refractivity contribution < 1.29 is 13.2 Å². The number of carbonyl (C=O) groups is 1. The number of carbonyl (C=O) groups excluding carboxylic acids is 1. The Kier molecular flexibility index (Phi) is 5.04. The van der Waals surface area contributed by atoms with Gasteiger partial charge < -0.3 is 10.2 Å². The second-order valence-electron chi connectivity index (χ2n) is 6.80. The number of hydrogen-bond acceptors (Lipinski definition) is 4. The Morgan fingerprint density at radius 3 is 2.73 bits per heavy atom. The van der Waals surface area contributed by atoms with E-state index in [1.54, 1.807) is 29.0 Å². The van der Waals surface area contributed by atoms with Crippen molar-refractivity contribution in [3.05, 3.63) is 53.3 Å². The Balaban J connectivity index is 1.81. The van der Waals surface area contributed by atoms with Crippen LogP contribution in [0.25, 0.3) is 0 Å². The smallest absolute Gasteiger partial charge is 0.318 e. The van der Waals surface area contributed by atoms with Gasteiger partial charge in [-0.2, -0.15) is 5.10 Å². The predicted octanol–water partition coefficient (Wildman–Crippen LogP) is 1.97. The number of nitrogens with one attached hydrogen (secondary N) is 1. The molecule has 1 aliphatic heterocycles. The number of rotatable bonds is 3. The van der Waals surface area contributed by atoms with Crippen LogP contribution in [0.4, 0.5) is 4.79 Å². The zero-order chi connectivity index (χ0) is 18.9. The summed E-state index contributed by atoms with van der Waals surface area (Å²) in [5.74, 6) is -0.0964. The fraction of sp³-hybridized carbons (Fsp3) is 0.444. The quantitative estimate of drug-likeness (QED) is 0.888. The minimum Gasteiger partial charge on any atom is -0.331 e. The number of urea groups is 1. The number of aromatic nitrogens is 2. The van der Waals surface area contributed by atoms with Crippen molar-refractivity contribution >= 4 is 15.9 Å². The second kappa shape index (κ2) is 7.11. The van der Waals surface area contributed by atoms with Gasteiger partial charge in [-0.05, 0) is 25.0 Å². The van der Waals surface area contributed by atoms with Crippen LogP contribution in [0, 0.1) is 6.92 Å². The van der Waals surface area contributed by atoms with Gasteiger partial charge in [-0.1, -0.05) is 24.3 Å². The third-order valence-electron chi connectivity index (χ3n) is 4.80. The lowest BCUT2D eigenvalue weighted by atomic mass is 10.0. The molecule has 1 N–H and O–H groups in total. The molecule has 0 radical (unpaired) electrons. The monoisotopic (exact) mass is 376 g/mol. The van der Waals surface area contributed by atoms with Crippen molar-refractivity contribution in [2.45, 2.75) is 25.9 Å². The summed E-state index contributed by atoms with van der Waals surface area (Å²) in [6, 6.07) is 6.94. The van der Waals surface area contributed by atoms with Gasteiger partial charge in [-0.3, -0.25) is 4.68 Å². The number of sulfone groups is 1. The first-order chi connectivity index (χ1) is 12.3. The summed E-state index contributed by atoms with van der Waals surface area (Å²) in [4.78, 5) is 14.5. The molecule has 3 rings (SSSR count). The molecule has 0 unspecified atom stereocenters. The van der Waals surface area contributed by atoms with E-state index in [4.69, 9.17) is 0 Å². The first kappa shape index (κ1) is 18.4. The summed E-state index contributed by atoms with van der Waals surface area (Å²) < 4.78 is 25.8. The van der Waals surface area contributed by atoms with E-state index in [2.05, 4.69) is 10.4 Å². The molecule has 0 spiro atoms. The molecule has 1 aromatic heterocycles. The Morgan fingerprint density at radius 1 is 1.35 bits per heavy atom. The fourth-order valence-corrected chi connectivity index (χ4v) is 4.85. The first-order valence-corrected chi connectivity index (χ1v) is 10.4. The van der Waals surface area contributed by atoms with Gasteiger partial charge in [0.25, 0.3) is 0 Å². The zero-order valence-electron chi connectivity index (χ0n) is 15.2. The maximum Gasteiger partial charge on any atom is 0.318 e. The van der Waals surface area contributed by atoms with Crippen LogP contribution in [0.2, 0.25) is 0 Å². The Labute approximate surface area is 153 Å². The lowest BCUT2D eigenvalue weighted by Crippen LogP contribution is -2.50. The van der Waals surface area contributed by atoms with Crippen molar-refractivity contribution in [1.82, 2.24) is 20.0 Å². The molecule has 2 aromatic rings. The van der Waals surface area contributed by atoms with Gasteiger partial charge in [0.15, 0.2) is 9.84 Å². The number of hydrogen-bond donors (Lipinski definition) is 1. The Bertz CT molecular complexity index is 907. The van der Waals surface area contributed by atoms with E-state index in [0.29, 0.717) is 0 Å². The van der Waals surface area contributed by atoms with Gasteiger partial charge in [0.05, 0.1) is 29.8 Å². The highest BCUT2D eigenvalue weighted by Gasteiger charge is 2.36. The summed E-state index contributed by atoms with van der Waals surface area (Å²) in [6.07, 6.45) is 3.38. The standard InChI is InChI=1S/C18H24N4O3S/c1-13-6-4-5-7-16(13)14(2)20-18(23)22-8-9-26(24,25)12-17(22)15-10-19-21(3)11-15/h4-7,10-11,14,17H,8-9,12H2,1-3H3,(H,20,23)/t14-,17-/m0/s1. The maximum atomic E-state index is 12.9. The normalized spacial score (nSPS) is 20.6. The van der Waals surface area contributed by atoms with E-state index in [0.717, 1.165) is 16.7 Å². The van der Waals surface area contributed by atoms with Crippen LogP contribution in [0.1, 0.15) is 35.7 Å². The zero-order valence-corrected chi connectivity index (χ0v) is 16.0. The molecule has 1 aromatic carbocycles. The molecule has 2 heterocycles. The summed E-state index contributed by atoms with van der Waals surface area (Å²) in [6.45, 7) is 4.11. The number of benzene rings is 1. The average molecular weight is 376 g/mol. The fourth-order valence-electron chi connectivity index (χ4n) is 3.36. The van der Waals surface area contributed by atoms with Gasteiger partial charge in [-0.15, -0.1) is 0 Å². The molecule has 0 bridgehead atoms. The highest BCUT2D eigenvalue weighted by Crippen LogP contribution is 2.27. The van der Waals surface area contributed by atoms with Crippen molar-refractivity contribution in [3.63, 3.8) is 0 Å². The Hall–Kier alpha value is -2.35. The van der Waals surface area contributed by atoms with Crippen LogP contribution < -0.4 is 5.32 Å². The van der Waals surface area contributed by atoms with Crippen LogP contribution in [0.5, 0.6) is 0 Å². The number of nitrogens with zero attached hydrogens (tertiary/aromatic N) is 3. The highest BCUT2D eigenvalue weighted by molar-refractivity contribution is 7.91. The molecule has 140 valence electrons. The molecule has 8 heteroatoms. The summed E-state index contributed by atoms with van der Waals surface area (Å²) in [7, 11) is -1.41. The van der Waals surface area contributed by atoms with Crippen molar-refractivity contribution in [2.24, 2.45) is 7.05 Å². The molecule has 7 nitrogen and oxygen atoms in total. The van der Waals surface area contributed by atoms with Crippen LogP contribution in [-0.2, 0) is 16.9 Å². The minimum absolute atomic E-state index is 0.0179. The van der Waals surface area contributed by atoms with Crippen molar-refractivity contribution in [3.8, 4) is 0 Å². The molecule has 0 aliphatic carbocycles. The molecule has 1 saturated heterocycles. The van der Waals surface area contributed by atoms with Gasteiger partial charge in [0.2, 0.25) is 0 Å². The third-order valence-corrected chi connectivity index (χ3v) is 6.42. The molecule has 1 aliphatic rings. The van der Waals surface area contributed by atoms with Gasteiger partial charge >= 0.3 is 6.03 Å². The van der Waals surface area contributed by atoms with E-state index < -0.39 is 15.9 Å². The van der Waals surface area contributed by atoms with Gasteiger partial charge in [0, 0.05) is 25.4 Å². The van der Waals surface area contributed by atoms with E-state index in [1.165, 1.54) is 0 Å². The topological polar surface area (TPSA) is 84.3 Å². The second-order valence-corrected chi connectivity index (χ2v) is 9.03. The van der Waals surface area contributed by atoms with E-state index in [-0.39, 0.29) is 30.1 Å². The van der Waals surface area contributed by atoms with Gasteiger partial charge in [0.1, 0.15) is 0 Å². The van der Waals surface area contributed by atoms with Crippen molar-refractivity contribution in [1.29, 1.82) is 0 Å². The van der Waals surface area contributed by atoms with Gasteiger partial charge in [-0.25, -0.2) is 13.2 Å². The molecule has 0 saturated carbocycles. The largest absolute Gasteiger partial charge is 0.331 e. The highest BCUT2D eigenvalue weighted by atomic mass is 32.2. The summed E-state index contributed by atoms with van der Waals surface area (Å²) >= 11 is 0. The number of aryl methyl sites for hydroxylation is 2. The molecular formula is C18H24N4O3S.